The molecule has 1 unspecified atom stereocenters. The van der Waals surface area contributed by atoms with Gasteiger partial charge < -0.3 is 15.5 Å². The molecule has 1 atom stereocenters. The lowest BCUT2D eigenvalue weighted by Crippen LogP contribution is -2.16. The van der Waals surface area contributed by atoms with E-state index >= 15 is 0 Å². The number of carbonyl (C=O) groups is 1. The van der Waals surface area contributed by atoms with Gasteiger partial charge in [0.1, 0.15) is 5.82 Å². The summed E-state index contributed by atoms with van der Waals surface area (Å²) >= 11 is 0. The number of carboxylic acid groups (broad SMARTS) is 1. The first-order valence-corrected chi connectivity index (χ1v) is 5.70. The Morgan fingerprint density at radius 2 is 1.89 bits per heavy atom. The third-order valence-electron chi connectivity index (χ3n) is 2.59. The summed E-state index contributed by atoms with van der Waals surface area (Å²) in [6.07, 6.45) is 0. The summed E-state index contributed by atoms with van der Waals surface area (Å²) in [5, 5.41) is 28.4. The van der Waals surface area contributed by atoms with Gasteiger partial charge in [0, 0.05) is 0 Å². The fraction of sp³-hybridized carbons (Fsp3) is 0.154. The van der Waals surface area contributed by atoms with Gasteiger partial charge >= 0.3 is 5.97 Å². The van der Waals surface area contributed by atoms with Crippen molar-refractivity contribution in [2.75, 3.05) is 11.9 Å². The van der Waals surface area contributed by atoms with Gasteiger partial charge in [0.2, 0.25) is 0 Å². The molecular formula is C13H13N3O3. The molecule has 0 radical (unpaired) electrons. The number of aliphatic hydroxyl groups excluding tert-OH is 1. The molecule has 0 aliphatic rings. The monoisotopic (exact) mass is 259 g/mol. The van der Waals surface area contributed by atoms with Gasteiger partial charge in [-0.2, -0.15) is 0 Å². The number of nitrogens with zero attached hydrogens (tertiary/aromatic N) is 2. The predicted octanol–water partition coefficient (Wildman–Crippen LogP) is 1.32. The van der Waals surface area contributed by atoms with Gasteiger partial charge in [-0.25, -0.2) is 4.79 Å². The number of benzene rings is 1. The highest BCUT2D eigenvalue weighted by Gasteiger charge is 2.11. The number of aromatic carboxylic acids is 1. The van der Waals surface area contributed by atoms with Crippen LogP contribution in [0.2, 0.25) is 0 Å². The van der Waals surface area contributed by atoms with Gasteiger partial charge in [-0.1, -0.05) is 30.3 Å². The molecule has 0 aliphatic carbocycles. The van der Waals surface area contributed by atoms with E-state index in [0.717, 1.165) is 5.56 Å². The van der Waals surface area contributed by atoms with Crippen LogP contribution in [0.1, 0.15) is 22.1 Å². The number of carboxylic acids is 1. The number of anilines is 1. The van der Waals surface area contributed by atoms with Gasteiger partial charge in [-0.3, -0.25) is 0 Å². The first-order chi connectivity index (χ1) is 9.20. The van der Waals surface area contributed by atoms with E-state index in [1.54, 1.807) is 0 Å². The summed E-state index contributed by atoms with van der Waals surface area (Å²) in [6, 6.07) is 12.0. The predicted molar refractivity (Wildman–Crippen MR) is 68.9 cm³/mol. The first kappa shape index (κ1) is 13.0. The number of nitrogens with one attached hydrogen (secondary N) is 1. The zero-order valence-electron chi connectivity index (χ0n) is 10.0. The summed E-state index contributed by atoms with van der Waals surface area (Å²) in [5.74, 6) is -0.714. The van der Waals surface area contributed by atoms with Crippen LogP contribution in [0.15, 0.2) is 42.5 Å². The second-order valence-electron chi connectivity index (χ2n) is 3.90. The van der Waals surface area contributed by atoms with Crippen LogP contribution in [-0.4, -0.2) is 33.0 Å². The van der Waals surface area contributed by atoms with E-state index in [1.807, 2.05) is 30.3 Å². The zero-order valence-corrected chi connectivity index (χ0v) is 10.0. The summed E-state index contributed by atoms with van der Waals surface area (Å²) < 4.78 is 0. The molecule has 0 saturated carbocycles. The number of rotatable bonds is 5. The second kappa shape index (κ2) is 5.92. The zero-order chi connectivity index (χ0) is 13.7. The maximum absolute atomic E-state index is 10.6. The molecule has 2 aromatic rings. The van der Waals surface area contributed by atoms with Gasteiger partial charge in [0.05, 0.1) is 12.6 Å². The highest BCUT2D eigenvalue weighted by atomic mass is 16.4. The van der Waals surface area contributed by atoms with Crippen LogP contribution in [0, 0.1) is 0 Å². The quantitative estimate of drug-likeness (QED) is 0.749. The summed E-state index contributed by atoms with van der Waals surface area (Å²) in [5.41, 5.74) is 0.792. The minimum Gasteiger partial charge on any atom is -0.476 e. The largest absolute Gasteiger partial charge is 0.476 e. The molecule has 0 bridgehead atoms. The van der Waals surface area contributed by atoms with Crippen molar-refractivity contribution in [3.63, 3.8) is 0 Å². The molecule has 0 aliphatic heterocycles. The van der Waals surface area contributed by atoms with Crippen LogP contribution in [-0.2, 0) is 0 Å². The van der Waals surface area contributed by atoms with E-state index in [-0.39, 0.29) is 18.3 Å². The van der Waals surface area contributed by atoms with Gasteiger partial charge in [0.15, 0.2) is 5.69 Å². The van der Waals surface area contributed by atoms with Crippen molar-refractivity contribution < 1.29 is 15.0 Å². The Morgan fingerprint density at radius 3 is 2.42 bits per heavy atom. The molecule has 6 nitrogen and oxygen atoms in total. The fourth-order valence-corrected chi connectivity index (χ4v) is 1.62. The molecule has 0 spiro atoms. The average Bonchev–Trinajstić information content (AvgIpc) is 2.46. The van der Waals surface area contributed by atoms with Crippen molar-refractivity contribution in [3.8, 4) is 0 Å². The minimum atomic E-state index is -1.12. The Bertz CT molecular complexity index is 543. The smallest absolute Gasteiger partial charge is 0.356 e. The van der Waals surface area contributed by atoms with E-state index in [0.29, 0.717) is 5.82 Å². The Morgan fingerprint density at radius 1 is 1.16 bits per heavy atom. The average molecular weight is 259 g/mol. The van der Waals surface area contributed by atoms with Crippen molar-refractivity contribution in [2.24, 2.45) is 0 Å². The number of hydrogen-bond acceptors (Lipinski definition) is 5. The van der Waals surface area contributed by atoms with Crippen LogP contribution in [0.5, 0.6) is 0 Å². The van der Waals surface area contributed by atoms with Crippen LogP contribution >= 0.6 is 0 Å². The SMILES string of the molecule is O=C(O)c1ccc(NC(CO)c2ccccc2)nn1. The molecule has 6 heteroatoms. The molecule has 0 fully saturated rings. The standard InChI is InChI=1S/C13H13N3O3/c17-8-11(9-4-2-1-3-5-9)14-12-7-6-10(13(18)19)15-16-12/h1-7,11,17H,8H2,(H,14,16)(H,18,19). The van der Waals surface area contributed by atoms with Crippen molar-refractivity contribution in [1.82, 2.24) is 10.2 Å². The summed E-state index contributed by atoms with van der Waals surface area (Å²) in [4.78, 5) is 10.6. The lowest BCUT2D eigenvalue weighted by molar-refractivity contribution is 0.0689. The Labute approximate surface area is 109 Å². The van der Waals surface area contributed by atoms with Crippen molar-refractivity contribution in [2.45, 2.75) is 6.04 Å². The maximum atomic E-state index is 10.6. The molecule has 2 rings (SSSR count). The topological polar surface area (TPSA) is 95.3 Å². The van der Waals surface area contributed by atoms with E-state index in [9.17, 15) is 9.90 Å². The van der Waals surface area contributed by atoms with Crippen molar-refractivity contribution in [3.05, 3.63) is 53.7 Å². The van der Waals surface area contributed by atoms with E-state index in [2.05, 4.69) is 15.5 Å². The number of hydrogen-bond donors (Lipinski definition) is 3. The molecule has 3 N–H and O–H groups in total. The molecule has 0 amide bonds. The molecule has 19 heavy (non-hydrogen) atoms. The second-order valence-corrected chi connectivity index (χ2v) is 3.90. The molecule has 0 saturated heterocycles. The highest BCUT2D eigenvalue weighted by molar-refractivity contribution is 5.85. The highest BCUT2D eigenvalue weighted by Crippen LogP contribution is 2.17. The van der Waals surface area contributed by atoms with Gasteiger partial charge in [0.25, 0.3) is 0 Å². The van der Waals surface area contributed by atoms with E-state index < -0.39 is 5.97 Å². The third-order valence-corrected chi connectivity index (χ3v) is 2.59. The fourth-order valence-electron chi connectivity index (χ4n) is 1.62. The molecule has 1 heterocycles. The van der Waals surface area contributed by atoms with Gasteiger partial charge in [-0.15, -0.1) is 10.2 Å². The van der Waals surface area contributed by atoms with Crippen LogP contribution in [0.25, 0.3) is 0 Å². The first-order valence-electron chi connectivity index (χ1n) is 5.70. The Balaban J connectivity index is 2.12. The van der Waals surface area contributed by atoms with Crippen molar-refractivity contribution >= 4 is 11.8 Å². The van der Waals surface area contributed by atoms with Gasteiger partial charge in [-0.05, 0) is 17.7 Å². The summed E-state index contributed by atoms with van der Waals surface area (Å²) in [6.45, 7) is -0.105. The third kappa shape index (κ3) is 3.26. The molecular weight excluding hydrogens is 246 g/mol. The number of aromatic nitrogens is 2. The maximum Gasteiger partial charge on any atom is 0.356 e. The van der Waals surface area contributed by atoms with Crippen LogP contribution in [0.3, 0.4) is 0 Å². The molecule has 1 aromatic heterocycles. The van der Waals surface area contributed by atoms with E-state index in [1.165, 1.54) is 12.1 Å². The number of aliphatic hydroxyl groups is 1. The lowest BCUT2D eigenvalue weighted by Gasteiger charge is -2.16. The minimum absolute atomic E-state index is 0.105. The van der Waals surface area contributed by atoms with Crippen LogP contribution < -0.4 is 5.32 Å². The normalized spacial score (nSPS) is 11.8. The van der Waals surface area contributed by atoms with Crippen LogP contribution in [0.4, 0.5) is 5.82 Å². The lowest BCUT2D eigenvalue weighted by atomic mass is 10.1. The van der Waals surface area contributed by atoms with E-state index in [4.69, 9.17) is 5.11 Å². The molecule has 1 aromatic carbocycles. The Hall–Kier alpha value is -2.47. The molecule has 98 valence electrons. The Kier molecular flexibility index (Phi) is 4.04. The summed E-state index contributed by atoms with van der Waals surface area (Å²) in [7, 11) is 0. The van der Waals surface area contributed by atoms with Crippen molar-refractivity contribution in [1.29, 1.82) is 0 Å².